The summed E-state index contributed by atoms with van der Waals surface area (Å²) in [5.41, 5.74) is 0.686. The van der Waals surface area contributed by atoms with Crippen molar-refractivity contribution in [3.63, 3.8) is 0 Å². The summed E-state index contributed by atoms with van der Waals surface area (Å²) >= 11 is 1.37. The summed E-state index contributed by atoms with van der Waals surface area (Å²) in [4.78, 5) is 12.5. The van der Waals surface area contributed by atoms with Gasteiger partial charge < -0.3 is 10.4 Å². The van der Waals surface area contributed by atoms with Crippen LogP contribution < -0.4 is 5.32 Å². The van der Waals surface area contributed by atoms with Gasteiger partial charge in [-0.2, -0.15) is 0 Å². The van der Waals surface area contributed by atoms with Gasteiger partial charge in [0.1, 0.15) is 11.5 Å². The molecule has 0 bridgehead atoms. The van der Waals surface area contributed by atoms with Gasteiger partial charge in [0, 0.05) is 12.1 Å². The van der Waals surface area contributed by atoms with Crippen molar-refractivity contribution in [1.82, 2.24) is 5.32 Å². The van der Waals surface area contributed by atoms with Crippen molar-refractivity contribution in [2.75, 3.05) is 13.2 Å². The molecule has 0 saturated carbocycles. The molecule has 1 rings (SSSR count). The first-order valence-corrected chi connectivity index (χ1v) is 6.52. The number of carbonyl (C=O) groups excluding carboxylic acids is 1. The van der Waals surface area contributed by atoms with E-state index in [1.807, 2.05) is 5.38 Å². The molecule has 1 aromatic rings. The number of hydrogen-bond donors (Lipinski definition) is 2. The third-order valence-corrected chi connectivity index (χ3v) is 3.39. The lowest BCUT2D eigenvalue weighted by atomic mass is 10.1. The summed E-state index contributed by atoms with van der Waals surface area (Å²) in [6, 6.07) is 1.80. The first-order chi connectivity index (χ1) is 8.19. The summed E-state index contributed by atoms with van der Waals surface area (Å²) in [5, 5.41) is 13.4. The molecular weight excluding hydrogens is 234 g/mol. The van der Waals surface area contributed by atoms with Crippen molar-refractivity contribution in [3.05, 3.63) is 21.9 Å². The first kappa shape index (κ1) is 13.8. The van der Waals surface area contributed by atoms with Crippen LogP contribution in [0.4, 0.5) is 0 Å². The molecule has 1 amide bonds. The van der Waals surface area contributed by atoms with Crippen LogP contribution in [0.1, 0.15) is 35.5 Å². The van der Waals surface area contributed by atoms with Crippen molar-refractivity contribution < 1.29 is 9.90 Å². The minimum atomic E-state index is -0.191. The van der Waals surface area contributed by atoms with Crippen LogP contribution in [-0.4, -0.2) is 24.2 Å². The van der Waals surface area contributed by atoms with Crippen LogP contribution in [0.25, 0.3) is 0 Å². The zero-order chi connectivity index (χ0) is 12.7. The van der Waals surface area contributed by atoms with Gasteiger partial charge in [-0.3, -0.25) is 4.79 Å². The summed E-state index contributed by atoms with van der Waals surface area (Å²) in [6.45, 7) is 4.69. The molecule has 0 aromatic carbocycles. The SMILES string of the molecule is CCC(C)CNC(=O)c1sccc1C#CCO. The van der Waals surface area contributed by atoms with E-state index in [9.17, 15) is 4.79 Å². The Labute approximate surface area is 106 Å². The minimum absolute atomic E-state index is 0.0810. The maximum absolute atomic E-state index is 11.9. The Kier molecular flexibility index (Phi) is 5.75. The molecule has 0 aliphatic rings. The molecule has 17 heavy (non-hydrogen) atoms. The number of rotatable bonds is 4. The van der Waals surface area contributed by atoms with Crippen LogP contribution in [-0.2, 0) is 0 Å². The van der Waals surface area contributed by atoms with Gasteiger partial charge in [0.25, 0.3) is 5.91 Å². The lowest BCUT2D eigenvalue weighted by molar-refractivity contribution is 0.0951. The predicted molar refractivity (Wildman–Crippen MR) is 70.1 cm³/mol. The highest BCUT2D eigenvalue weighted by Gasteiger charge is 2.12. The fourth-order valence-corrected chi connectivity index (χ4v) is 1.98. The van der Waals surface area contributed by atoms with Crippen molar-refractivity contribution in [1.29, 1.82) is 0 Å². The van der Waals surface area contributed by atoms with Crippen molar-refractivity contribution in [2.24, 2.45) is 5.92 Å². The molecule has 1 unspecified atom stereocenters. The molecule has 1 atom stereocenters. The monoisotopic (exact) mass is 251 g/mol. The number of carbonyl (C=O) groups is 1. The normalized spacial score (nSPS) is 11.5. The third kappa shape index (κ3) is 4.22. The van der Waals surface area contributed by atoms with Crippen LogP contribution >= 0.6 is 11.3 Å². The van der Waals surface area contributed by atoms with E-state index in [1.165, 1.54) is 11.3 Å². The van der Waals surface area contributed by atoms with Crippen LogP contribution in [0.15, 0.2) is 11.4 Å². The molecule has 0 radical (unpaired) electrons. The zero-order valence-corrected chi connectivity index (χ0v) is 10.9. The first-order valence-electron chi connectivity index (χ1n) is 5.64. The van der Waals surface area contributed by atoms with Crippen molar-refractivity contribution in [2.45, 2.75) is 20.3 Å². The number of aliphatic hydroxyl groups excluding tert-OH is 1. The fraction of sp³-hybridized carbons (Fsp3) is 0.462. The molecule has 2 N–H and O–H groups in total. The number of aliphatic hydroxyl groups is 1. The molecule has 1 aromatic heterocycles. The number of hydrogen-bond acceptors (Lipinski definition) is 3. The van der Waals surface area contributed by atoms with Crippen LogP contribution in [0.5, 0.6) is 0 Å². The van der Waals surface area contributed by atoms with Crippen molar-refractivity contribution in [3.8, 4) is 11.8 Å². The second-order valence-electron chi connectivity index (χ2n) is 3.85. The number of thiophene rings is 1. The van der Waals surface area contributed by atoms with Gasteiger partial charge in [-0.1, -0.05) is 32.1 Å². The van der Waals surface area contributed by atoms with E-state index in [4.69, 9.17) is 5.11 Å². The molecule has 92 valence electrons. The summed E-state index contributed by atoms with van der Waals surface area (Å²) in [7, 11) is 0. The predicted octanol–water partition coefficient (Wildman–Crippen LogP) is 1.87. The number of nitrogens with one attached hydrogen (secondary N) is 1. The highest BCUT2D eigenvalue weighted by molar-refractivity contribution is 7.12. The highest BCUT2D eigenvalue weighted by atomic mass is 32.1. The molecule has 3 nitrogen and oxygen atoms in total. The summed E-state index contributed by atoms with van der Waals surface area (Å²) in [5.74, 6) is 5.73. The second kappa shape index (κ2) is 7.10. The Hall–Kier alpha value is -1.31. The molecule has 4 heteroatoms. The molecule has 0 aliphatic heterocycles. The van der Waals surface area contributed by atoms with Gasteiger partial charge in [-0.25, -0.2) is 0 Å². The maximum atomic E-state index is 11.9. The lowest BCUT2D eigenvalue weighted by Crippen LogP contribution is -2.27. The fourth-order valence-electron chi connectivity index (χ4n) is 1.21. The van der Waals surface area contributed by atoms with E-state index in [2.05, 4.69) is 31.0 Å². The van der Waals surface area contributed by atoms with Crippen LogP contribution in [0.2, 0.25) is 0 Å². The lowest BCUT2D eigenvalue weighted by Gasteiger charge is -2.09. The average molecular weight is 251 g/mol. The smallest absolute Gasteiger partial charge is 0.262 e. The Morgan fingerprint density at radius 3 is 3.06 bits per heavy atom. The Balaban J connectivity index is 2.66. The maximum Gasteiger partial charge on any atom is 0.262 e. The van der Waals surface area contributed by atoms with E-state index in [0.717, 1.165) is 6.42 Å². The van der Waals surface area contributed by atoms with Gasteiger partial charge in [-0.15, -0.1) is 11.3 Å². The van der Waals surface area contributed by atoms with E-state index in [1.54, 1.807) is 6.07 Å². The van der Waals surface area contributed by atoms with E-state index in [0.29, 0.717) is 22.9 Å². The van der Waals surface area contributed by atoms with Crippen LogP contribution in [0.3, 0.4) is 0 Å². The largest absolute Gasteiger partial charge is 0.384 e. The minimum Gasteiger partial charge on any atom is -0.384 e. The topological polar surface area (TPSA) is 49.3 Å². The average Bonchev–Trinajstić information content (AvgIpc) is 2.81. The zero-order valence-electron chi connectivity index (χ0n) is 10.1. The Morgan fingerprint density at radius 2 is 2.41 bits per heavy atom. The van der Waals surface area contributed by atoms with E-state index >= 15 is 0 Å². The van der Waals surface area contributed by atoms with Crippen molar-refractivity contribution >= 4 is 17.2 Å². The molecule has 0 spiro atoms. The standard InChI is InChI=1S/C13H17NO2S/c1-3-10(2)9-14-13(16)12-11(5-4-7-15)6-8-17-12/h6,8,10,15H,3,7,9H2,1-2H3,(H,14,16). The Morgan fingerprint density at radius 1 is 1.65 bits per heavy atom. The molecule has 1 heterocycles. The third-order valence-electron chi connectivity index (χ3n) is 2.48. The van der Waals surface area contributed by atoms with Gasteiger partial charge >= 0.3 is 0 Å². The summed E-state index contributed by atoms with van der Waals surface area (Å²) in [6.07, 6.45) is 1.04. The number of amides is 1. The van der Waals surface area contributed by atoms with Gasteiger partial charge in [-0.05, 0) is 17.4 Å². The molecular formula is C13H17NO2S. The summed E-state index contributed by atoms with van der Waals surface area (Å²) < 4.78 is 0. The van der Waals surface area contributed by atoms with Gasteiger partial charge in [0.15, 0.2) is 0 Å². The second-order valence-corrected chi connectivity index (χ2v) is 4.76. The van der Waals surface area contributed by atoms with E-state index in [-0.39, 0.29) is 12.5 Å². The Bertz CT molecular complexity index is 428. The highest BCUT2D eigenvalue weighted by Crippen LogP contribution is 2.15. The van der Waals surface area contributed by atoms with Gasteiger partial charge in [0.05, 0.1) is 0 Å². The molecule has 0 saturated heterocycles. The van der Waals surface area contributed by atoms with E-state index < -0.39 is 0 Å². The van der Waals surface area contributed by atoms with Crippen LogP contribution in [0, 0.1) is 17.8 Å². The molecule has 0 fully saturated rings. The molecule has 0 aliphatic carbocycles. The van der Waals surface area contributed by atoms with Gasteiger partial charge in [0.2, 0.25) is 0 Å². The quantitative estimate of drug-likeness (QED) is 0.803.